The molecule has 1 heterocycles. The maximum absolute atomic E-state index is 11.9. The number of nitrogens with one attached hydrogen (secondary N) is 2. The maximum Gasteiger partial charge on any atom is 0.411 e. The predicted molar refractivity (Wildman–Crippen MR) is 72.0 cm³/mol. The van der Waals surface area contributed by atoms with Crippen molar-refractivity contribution in [3.05, 3.63) is 29.8 Å². The summed E-state index contributed by atoms with van der Waals surface area (Å²) in [6.45, 7) is -0.845. The van der Waals surface area contributed by atoms with Crippen LogP contribution in [-0.4, -0.2) is 38.4 Å². The van der Waals surface area contributed by atoms with Gasteiger partial charge >= 0.3 is 6.18 Å². The van der Waals surface area contributed by atoms with Crippen molar-refractivity contribution in [1.82, 2.24) is 5.32 Å². The molecule has 1 aliphatic heterocycles. The minimum atomic E-state index is -4.33. The average molecular weight is 302 g/mol. The molecule has 1 aromatic carbocycles. The SMILES string of the molecule is O=C(NCCOCC(F)(F)F)C1CNc2ccccc2C1. The van der Waals surface area contributed by atoms with E-state index in [4.69, 9.17) is 0 Å². The molecular formula is C14H17F3N2O2. The number of alkyl halides is 3. The molecule has 116 valence electrons. The van der Waals surface area contributed by atoms with Crippen LogP contribution in [0, 0.1) is 5.92 Å². The summed E-state index contributed by atoms with van der Waals surface area (Å²) in [5, 5.41) is 5.77. The quantitative estimate of drug-likeness (QED) is 0.818. The van der Waals surface area contributed by atoms with Crippen molar-refractivity contribution in [2.24, 2.45) is 5.92 Å². The van der Waals surface area contributed by atoms with Crippen LogP contribution in [0.25, 0.3) is 0 Å². The molecule has 7 heteroatoms. The Hall–Kier alpha value is -1.76. The van der Waals surface area contributed by atoms with Gasteiger partial charge in [-0.2, -0.15) is 13.2 Å². The standard InChI is InChI=1S/C14H17F3N2O2/c15-14(16,17)9-21-6-5-18-13(20)11-7-10-3-1-2-4-12(10)19-8-11/h1-4,11,19H,5-9H2,(H,18,20). The normalized spacial score (nSPS) is 17.8. The minimum absolute atomic E-state index is 0.0764. The van der Waals surface area contributed by atoms with E-state index in [0.29, 0.717) is 13.0 Å². The number of anilines is 1. The zero-order valence-corrected chi connectivity index (χ0v) is 11.4. The molecule has 1 aromatic rings. The van der Waals surface area contributed by atoms with E-state index in [2.05, 4.69) is 15.4 Å². The van der Waals surface area contributed by atoms with Crippen molar-refractivity contribution < 1.29 is 22.7 Å². The monoisotopic (exact) mass is 302 g/mol. The van der Waals surface area contributed by atoms with Crippen molar-refractivity contribution in [3.63, 3.8) is 0 Å². The maximum atomic E-state index is 11.9. The molecule has 0 radical (unpaired) electrons. The van der Waals surface area contributed by atoms with Gasteiger partial charge in [-0.15, -0.1) is 0 Å². The first kappa shape index (κ1) is 15.6. The van der Waals surface area contributed by atoms with E-state index < -0.39 is 12.8 Å². The van der Waals surface area contributed by atoms with Gasteiger partial charge in [0, 0.05) is 18.8 Å². The molecule has 0 saturated heterocycles. The van der Waals surface area contributed by atoms with E-state index in [-0.39, 0.29) is 25.0 Å². The molecule has 4 nitrogen and oxygen atoms in total. The molecule has 0 aromatic heterocycles. The molecule has 1 amide bonds. The number of ether oxygens (including phenoxy) is 1. The van der Waals surface area contributed by atoms with Crippen molar-refractivity contribution in [2.75, 3.05) is 31.6 Å². The predicted octanol–water partition coefficient (Wildman–Crippen LogP) is 1.97. The number of carbonyl (C=O) groups is 1. The van der Waals surface area contributed by atoms with Gasteiger partial charge in [-0.1, -0.05) is 18.2 Å². The Morgan fingerprint density at radius 2 is 2.14 bits per heavy atom. The zero-order chi connectivity index (χ0) is 15.3. The Bertz CT molecular complexity index is 491. The highest BCUT2D eigenvalue weighted by molar-refractivity contribution is 5.80. The number of rotatable bonds is 5. The third-order valence-corrected chi connectivity index (χ3v) is 3.20. The van der Waals surface area contributed by atoms with Gasteiger partial charge in [-0.05, 0) is 18.1 Å². The number of benzene rings is 1. The molecule has 2 rings (SSSR count). The molecule has 2 N–H and O–H groups in total. The number of hydrogen-bond acceptors (Lipinski definition) is 3. The molecule has 0 bridgehead atoms. The van der Waals surface area contributed by atoms with Gasteiger partial charge in [0.05, 0.1) is 12.5 Å². The van der Waals surface area contributed by atoms with E-state index in [0.717, 1.165) is 11.3 Å². The van der Waals surface area contributed by atoms with E-state index in [1.54, 1.807) is 0 Å². The summed E-state index contributed by atoms with van der Waals surface area (Å²) in [5.74, 6) is -0.393. The van der Waals surface area contributed by atoms with Gasteiger partial charge in [0.15, 0.2) is 0 Å². The highest BCUT2D eigenvalue weighted by Crippen LogP contribution is 2.24. The van der Waals surface area contributed by atoms with Crippen molar-refractivity contribution in [3.8, 4) is 0 Å². The van der Waals surface area contributed by atoms with Gasteiger partial charge in [-0.25, -0.2) is 0 Å². The van der Waals surface area contributed by atoms with Crippen LogP contribution in [0.5, 0.6) is 0 Å². The van der Waals surface area contributed by atoms with Gasteiger partial charge in [-0.3, -0.25) is 4.79 Å². The van der Waals surface area contributed by atoms with Gasteiger partial charge in [0.1, 0.15) is 6.61 Å². The van der Waals surface area contributed by atoms with Gasteiger partial charge in [0.2, 0.25) is 5.91 Å². The summed E-state index contributed by atoms with van der Waals surface area (Å²) >= 11 is 0. The van der Waals surface area contributed by atoms with Crippen LogP contribution in [-0.2, 0) is 16.0 Å². The molecule has 0 spiro atoms. The molecule has 21 heavy (non-hydrogen) atoms. The van der Waals surface area contributed by atoms with Crippen LogP contribution in [0.15, 0.2) is 24.3 Å². The second-order valence-electron chi connectivity index (χ2n) is 4.90. The van der Waals surface area contributed by atoms with E-state index in [9.17, 15) is 18.0 Å². The highest BCUT2D eigenvalue weighted by Gasteiger charge is 2.27. The number of amides is 1. The van der Waals surface area contributed by atoms with E-state index in [1.165, 1.54) is 0 Å². The van der Waals surface area contributed by atoms with Crippen LogP contribution in [0.2, 0.25) is 0 Å². The summed E-state index contributed by atoms with van der Waals surface area (Å²) in [5.41, 5.74) is 2.09. The average Bonchev–Trinajstić information content (AvgIpc) is 2.45. The number of hydrogen-bond donors (Lipinski definition) is 2. The Morgan fingerprint density at radius 3 is 2.90 bits per heavy atom. The first-order valence-corrected chi connectivity index (χ1v) is 6.70. The molecule has 1 unspecified atom stereocenters. The molecule has 0 aliphatic carbocycles. The van der Waals surface area contributed by atoms with Crippen LogP contribution in [0.3, 0.4) is 0 Å². The molecule has 0 fully saturated rings. The lowest BCUT2D eigenvalue weighted by Gasteiger charge is -2.25. The van der Waals surface area contributed by atoms with Crippen molar-refractivity contribution in [2.45, 2.75) is 12.6 Å². The Balaban J connectivity index is 1.70. The summed E-state index contributed by atoms with van der Waals surface area (Å²) in [7, 11) is 0. The van der Waals surface area contributed by atoms with Crippen LogP contribution >= 0.6 is 0 Å². The lowest BCUT2D eigenvalue weighted by molar-refractivity contribution is -0.173. The Morgan fingerprint density at radius 1 is 1.38 bits per heavy atom. The fourth-order valence-electron chi connectivity index (χ4n) is 2.21. The first-order valence-electron chi connectivity index (χ1n) is 6.70. The van der Waals surface area contributed by atoms with E-state index >= 15 is 0 Å². The molecule has 1 atom stereocenters. The highest BCUT2D eigenvalue weighted by atomic mass is 19.4. The fourth-order valence-corrected chi connectivity index (χ4v) is 2.21. The topological polar surface area (TPSA) is 50.4 Å². The number of carbonyl (C=O) groups excluding carboxylic acids is 1. The minimum Gasteiger partial charge on any atom is -0.384 e. The lowest BCUT2D eigenvalue weighted by atomic mass is 9.93. The number of halogens is 3. The second kappa shape index (κ2) is 6.80. The molecule has 1 aliphatic rings. The van der Waals surface area contributed by atoms with Crippen LogP contribution < -0.4 is 10.6 Å². The summed E-state index contributed by atoms with van der Waals surface area (Å²) in [6.07, 6.45) is -3.71. The Kier molecular flexibility index (Phi) is 5.06. The lowest BCUT2D eigenvalue weighted by Crippen LogP contribution is -2.39. The summed E-state index contributed by atoms with van der Waals surface area (Å²) < 4.78 is 40.0. The van der Waals surface area contributed by atoms with E-state index in [1.807, 2.05) is 24.3 Å². The van der Waals surface area contributed by atoms with Crippen molar-refractivity contribution >= 4 is 11.6 Å². The summed E-state index contributed by atoms with van der Waals surface area (Å²) in [4.78, 5) is 11.9. The van der Waals surface area contributed by atoms with Crippen LogP contribution in [0.1, 0.15) is 5.56 Å². The molecular weight excluding hydrogens is 285 g/mol. The van der Waals surface area contributed by atoms with Crippen LogP contribution in [0.4, 0.5) is 18.9 Å². The van der Waals surface area contributed by atoms with Gasteiger partial charge in [0.25, 0.3) is 0 Å². The largest absolute Gasteiger partial charge is 0.411 e. The molecule has 0 saturated carbocycles. The first-order chi connectivity index (χ1) is 9.96. The number of para-hydroxylation sites is 1. The van der Waals surface area contributed by atoms with Crippen molar-refractivity contribution in [1.29, 1.82) is 0 Å². The smallest absolute Gasteiger partial charge is 0.384 e. The zero-order valence-electron chi connectivity index (χ0n) is 11.4. The third kappa shape index (κ3) is 4.93. The fraction of sp³-hybridized carbons (Fsp3) is 0.500. The second-order valence-corrected chi connectivity index (χ2v) is 4.90. The Labute approximate surface area is 120 Å². The third-order valence-electron chi connectivity index (χ3n) is 3.20. The van der Waals surface area contributed by atoms with Gasteiger partial charge < -0.3 is 15.4 Å². The number of fused-ring (bicyclic) bond motifs is 1. The summed E-state index contributed by atoms with van der Waals surface area (Å²) in [6, 6.07) is 7.73.